The highest BCUT2D eigenvalue weighted by atomic mass is 31.2. The lowest BCUT2D eigenvalue weighted by Gasteiger charge is -2.24. The average molecular weight is 803 g/mol. The van der Waals surface area contributed by atoms with Crippen molar-refractivity contribution in [3.05, 3.63) is 12.2 Å². The number of phosphoric ester groups is 1. The Kier molecular flexibility index (Phi) is 39.5. The molecule has 0 saturated heterocycles. The monoisotopic (exact) mass is 803 g/mol. The predicted molar refractivity (Wildman–Crippen MR) is 234 cm³/mol. The molecule has 0 aromatic rings. The highest BCUT2D eigenvalue weighted by Crippen LogP contribution is 2.43. The molecule has 0 aliphatic heterocycles. The molecule has 0 radical (unpaired) electrons. The number of likely N-dealkylation sites (N-methyl/N-ethyl adjacent to an activating group) is 1. The van der Waals surface area contributed by atoms with Crippen molar-refractivity contribution in [1.82, 2.24) is 0 Å². The van der Waals surface area contributed by atoms with Crippen LogP contribution in [0.4, 0.5) is 0 Å². The first-order valence-corrected chi connectivity index (χ1v) is 24.9. The lowest BCUT2D eigenvalue weighted by Crippen LogP contribution is -2.37. The van der Waals surface area contributed by atoms with Crippen LogP contribution in [0.2, 0.25) is 0 Å². The van der Waals surface area contributed by atoms with Crippen LogP contribution in [0.3, 0.4) is 0 Å². The summed E-state index contributed by atoms with van der Waals surface area (Å²) in [5, 5.41) is 0. The van der Waals surface area contributed by atoms with Crippen LogP contribution in [-0.4, -0.2) is 75.6 Å². The van der Waals surface area contributed by atoms with E-state index in [0.29, 0.717) is 24.1 Å². The van der Waals surface area contributed by atoms with E-state index in [1.807, 2.05) is 21.1 Å². The number of quaternary nitrogens is 1. The Hall–Kier alpha value is -0.760. The number of esters is 1. The molecule has 0 aliphatic rings. The number of hydrogen-bond acceptors (Lipinski definition) is 6. The van der Waals surface area contributed by atoms with Crippen LogP contribution in [0.5, 0.6) is 0 Å². The Bertz CT molecular complexity index is 894. The van der Waals surface area contributed by atoms with Crippen molar-refractivity contribution in [2.24, 2.45) is 0 Å². The van der Waals surface area contributed by atoms with Crippen molar-refractivity contribution >= 4 is 13.8 Å². The number of hydrogen-bond donors (Lipinski definition) is 1. The Morgan fingerprint density at radius 1 is 0.545 bits per heavy atom. The van der Waals surface area contributed by atoms with Crippen LogP contribution in [0.15, 0.2) is 12.2 Å². The van der Waals surface area contributed by atoms with Gasteiger partial charge in [-0.05, 0) is 38.5 Å². The van der Waals surface area contributed by atoms with Gasteiger partial charge in [0.15, 0.2) is 0 Å². The maximum absolute atomic E-state index is 12.6. The molecular weight excluding hydrogens is 709 g/mol. The summed E-state index contributed by atoms with van der Waals surface area (Å²) in [5.74, 6) is -0.317. The molecule has 2 atom stereocenters. The Balaban J connectivity index is 3.90. The summed E-state index contributed by atoms with van der Waals surface area (Å²) in [5.41, 5.74) is 0. The summed E-state index contributed by atoms with van der Waals surface area (Å²) < 4.78 is 34.9. The second-order valence-corrected chi connectivity index (χ2v) is 18.6. The highest BCUT2D eigenvalue weighted by Gasteiger charge is 2.26. The van der Waals surface area contributed by atoms with Gasteiger partial charge in [-0.1, -0.05) is 187 Å². The van der Waals surface area contributed by atoms with Crippen molar-refractivity contribution in [2.45, 2.75) is 225 Å². The summed E-state index contributed by atoms with van der Waals surface area (Å²) in [7, 11) is 1.68. The van der Waals surface area contributed by atoms with Crippen LogP contribution < -0.4 is 0 Å². The number of unbranched alkanes of at least 4 members (excludes halogenated alkanes) is 28. The van der Waals surface area contributed by atoms with E-state index in [9.17, 15) is 14.3 Å². The fourth-order valence-corrected chi connectivity index (χ4v) is 7.41. The predicted octanol–water partition coefficient (Wildman–Crippen LogP) is 13.8. The van der Waals surface area contributed by atoms with Gasteiger partial charge in [0.05, 0.1) is 34.4 Å². The number of carbonyl (C=O) groups excluding carboxylic acids is 1. The van der Waals surface area contributed by atoms with E-state index >= 15 is 0 Å². The molecule has 0 heterocycles. The van der Waals surface area contributed by atoms with E-state index in [1.54, 1.807) is 0 Å². The molecule has 0 bridgehead atoms. The maximum Gasteiger partial charge on any atom is 0.472 e. The molecule has 1 N–H and O–H groups in total. The summed E-state index contributed by atoms with van der Waals surface area (Å²) in [6, 6.07) is 0. The van der Waals surface area contributed by atoms with Crippen molar-refractivity contribution in [3.63, 3.8) is 0 Å². The van der Waals surface area contributed by atoms with Crippen LogP contribution in [0.25, 0.3) is 0 Å². The molecule has 8 nitrogen and oxygen atoms in total. The quantitative estimate of drug-likeness (QED) is 0.0216. The van der Waals surface area contributed by atoms with Gasteiger partial charge in [-0.3, -0.25) is 13.8 Å². The van der Waals surface area contributed by atoms with Gasteiger partial charge in [0.1, 0.15) is 19.3 Å². The number of rotatable bonds is 44. The van der Waals surface area contributed by atoms with E-state index < -0.39 is 13.9 Å². The largest absolute Gasteiger partial charge is 0.472 e. The van der Waals surface area contributed by atoms with Crippen molar-refractivity contribution in [2.75, 3.05) is 54.1 Å². The first-order valence-electron chi connectivity index (χ1n) is 23.4. The third-order valence-electron chi connectivity index (χ3n) is 10.3. The minimum Gasteiger partial charge on any atom is -0.457 e. The SMILES string of the molecule is CCCCCCCCCC/C=C\CCCCCCCCCCCCCCCCOCC(COP(=O)(O)OCC[N+](C)(C)C)OC(=O)CCCCCCCCC. The topological polar surface area (TPSA) is 91.3 Å². The van der Waals surface area contributed by atoms with E-state index in [-0.39, 0.29) is 25.8 Å². The Labute approximate surface area is 341 Å². The lowest BCUT2D eigenvalue weighted by atomic mass is 10.0. The molecule has 0 fully saturated rings. The molecule has 0 aromatic heterocycles. The third kappa shape index (κ3) is 44.2. The number of carbonyl (C=O) groups is 1. The van der Waals surface area contributed by atoms with Crippen LogP contribution in [0.1, 0.15) is 219 Å². The standard InChI is InChI=1S/C46H92NO7P/c1-6-8-10-12-14-15-16-17-18-19-20-21-22-23-24-25-26-27-28-29-30-31-32-34-36-38-41-51-43-45(44-53-55(49,50)52-42-40-47(3,4)5)54-46(48)39-37-35-33-13-11-9-7-2/h19-20,45H,6-18,21-44H2,1-5H3/p+1/b20-19-. The number of phosphoric acid groups is 1. The number of nitrogens with zero attached hydrogens (tertiary/aromatic N) is 1. The van der Waals surface area contributed by atoms with E-state index in [4.69, 9.17) is 18.5 Å². The van der Waals surface area contributed by atoms with Gasteiger partial charge < -0.3 is 18.9 Å². The highest BCUT2D eigenvalue weighted by molar-refractivity contribution is 7.47. The first kappa shape index (κ1) is 54.2. The van der Waals surface area contributed by atoms with Crippen molar-refractivity contribution < 1.29 is 37.3 Å². The van der Waals surface area contributed by atoms with Gasteiger partial charge >= 0.3 is 13.8 Å². The second kappa shape index (κ2) is 40.0. The van der Waals surface area contributed by atoms with E-state index in [1.165, 1.54) is 167 Å². The normalized spacial score (nSPS) is 13.8. The molecule has 328 valence electrons. The van der Waals surface area contributed by atoms with Gasteiger partial charge in [0.2, 0.25) is 0 Å². The summed E-state index contributed by atoms with van der Waals surface area (Å²) in [4.78, 5) is 22.7. The zero-order valence-electron chi connectivity index (χ0n) is 37.2. The summed E-state index contributed by atoms with van der Waals surface area (Å²) >= 11 is 0. The smallest absolute Gasteiger partial charge is 0.457 e. The second-order valence-electron chi connectivity index (χ2n) is 17.1. The average Bonchev–Trinajstić information content (AvgIpc) is 3.13. The molecule has 9 heteroatoms. The third-order valence-corrected chi connectivity index (χ3v) is 11.3. The van der Waals surface area contributed by atoms with Crippen molar-refractivity contribution in [1.29, 1.82) is 0 Å². The molecular formula is C46H93NO7P+. The Morgan fingerprint density at radius 3 is 1.38 bits per heavy atom. The zero-order chi connectivity index (χ0) is 40.6. The van der Waals surface area contributed by atoms with Crippen molar-refractivity contribution in [3.8, 4) is 0 Å². The molecule has 0 aromatic carbocycles. The van der Waals surface area contributed by atoms with Crippen LogP contribution in [0, 0.1) is 0 Å². The van der Waals surface area contributed by atoms with Gasteiger partial charge in [0.25, 0.3) is 0 Å². The molecule has 2 unspecified atom stereocenters. The molecule has 0 aliphatic carbocycles. The maximum atomic E-state index is 12.6. The molecule has 0 rings (SSSR count). The van der Waals surface area contributed by atoms with Crippen LogP contribution in [-0.2, 0) is 27.9 Å². The van der Waals surface area contributed by atoms with Gasteiger partial charge in [0, 0.05) is 13.0 Å². The fourth-order valence-electron chi connectivity index (χ4n) is 6.67. The summed E-state index contributed by atoms with van der Waals surface area (Å²) in [6.07, 6.45) is 44.3. The van der Waals surface area contributed by atoms with E-state index in [0.717, 1.165) is 32.1 Å². The Morgan fingerprint density at radius 2 is 0.945 bits per heavy atom. The van der Waals surface area contributed by atoms with E-state index in [2.05, 4.69) is 26.0 Å². The molecule has 55 heavy (non-hydrogen) atoms. The van der Waals surface area contributed by atoms with Gasteiger partial charge in [-0.25, -0.2) is 4.57 Å². The zero-order valence-corrected chi connectivity index (χ0v) is 38.1. The first-order chi connectivity index (χ1) is 26.6. The number of allylic oxidation sites excluding steroid dienone is 2. The molecule has 0 spiro atoms. The lowest BCUT2D eigenvalue weighted by molar-refractivity contribution is -0.870. The summed E-state index contributed by atoms with van der Waals surface area (Å²) in [6.45, 7) is 5.61. The minimum atomic E-state index is -4.26. The minimum absolute atomic E-state index is 0.0918. The fraction of sp³-hybridized carbons (Fsp3) is 0.935. The van der Waals surface area contributed by atoms with Gasteiger partial charge in [-0.2, -0.15) is 0 Å². The van der Waals surface area contributed by atoms with Gasteiger partial charge in [-0.15, -0.1) is 0 Å². The molecule has 0 saturated carbocycles. The number of ether oxygens (including phenoxy) is 2. The van der Waals surface area contributed by atoms with Crippen LogP contribution >= 0.6 is 7.82 Å². The molecule has 0 amide bonds.